The van der Waals surface area contributed by atoms with Crippen molar-refractivity contribution in [2.24, 2.45) is 0 Å². The average Bonchev–Trinajstić information content (AvgIpc) is 3.11. The summed E-state index contributed by atoms with van der Waals surface area (Å²) in [5.74, 6) is 0.320. The van der Waals surface area contributed by atoms with Crippen LogP contribution >= 0.6 is 11.6 Å². The third-order valence-corrected chi connectivity index (χ3v) is 10.9. The van der Waals surface area contributed by atoms with Crippen molar-refractivity contribution >= 4 is 23.4 Å². The Bertz CT molecular complexity index is 1530. The van der Waals surface area contributed by atoms with Gasteiger partial charge < -0.3 is 20.3 Å². The van der Waals surface area contributed by atoms with Crippen molar-refractivity contribution < 1.29 is 14.3 Å². The van der Waals surface area contributed by atoms with E-state index in [-0.39, 0.29) is 17.9 Å². The molecule has 0 spiro atoms. The second-order valence-corrected chi connectivity index (χ2v) is 13.9. The number of carbonyl (C=O) groups excluding carboxylic acids is 2. The average molecular weight is 641 g/mol. The number of piperidine rings is 1. The van der Waals surface area contributed by atoms with E-state index in [0.29, 0.717) is 49.5 Å². The zero-order chi connectivity index (χ0) is 31.5. The van der Waals surface area contributed by atoms with E-state index >= 15 is 0 Å². The predicted octanol–water partition coefficient (Wildman–Crippen LogP) is 4.68. The Hall–Kier alpha value is -3.23. The molecule has 8 heteroatoms. The first kappa shape index (κ1) is 31.4. The highest BCUT2D eigenvalue weighted by Gasteiger charge is 2.34. The number of fused-ring (bicyclic) bond motifs is 2. The van der Waals surface area contributed by atoms with Gasteiger partial charge in [0.05, 0.1) is 19.3 Å². The van der Waals surface area contributed by atoms with Gasteiger partial charge in [-0.3, -0.25) is 14.5 Å². The van der Waals surface area contributed by atoms with Crippen molar-refractivity contribution in [1.82, 2.24) is 20.4 Å². The number of rotatable bonds is 7. The van der Waals surface area contributed by atoms with Crippen molar-refractivity contribution in [3.8, 4) is 0 Å². The Morgan fingerprint density at radius 2 is 1.61 bits per heavy atom. The minimum atomic E-state index is -0.636. The lowest BCUT2D eigenvalue weighted by Gasteiger charge is -2.39. The normalized spacial score (nSPS) is 22.8. The molecule has 3 aromatic rings. The first-order chi connectivity index (χ1) is 22.5. The van der Waals surface area contributed by atoms with Crippen LogP contribution in [-0.4, -0.2) is 79.1 Å². The van der Waals surface area contributed by atoms with Gasteiger partial charge in [0.2, 0.25) is 11.8 Å². The number of benzene rings is 3. The van der Waals surface area contributed by atoms with Crippen molar-refractivity contribution in [2.45, 2.75) is 75.5 Å². The Morgan fingerprint density at radius 3 is 2.39 bits per heavy atom. The van der Waals surface area contributed by atoms with Crippen LogP contribution in [0.2, 0.25) is 5.02 Å². The van der Waals surface area contributed by atoms with Crippen LogP contribution in [0.15, 0.2) is 66.7 Å². The fourth-order valence-corrected chi connectivity index (χ4v) is 8.16. The van der Waals surface area contributed by atoms with Crippen LogP contribution in [0.5, 0.6) is 0 Å². The molecule has 3 heterocycles. The molecule has 0 radical (unpaired) electrons. The standard InChI is InChI=1S/C38H45ClN4O3/c39-31-11-8-26(9-12-31)22-36(41-37(44)35-23-29-4-1-2-5-30(29)25-40-35)38(45)43-16-14-28(15-17-43)33-7-3-6-27-10-13-32(24-34(27)33)42-18-20-46-21-19-42/h1-9,11-12,28,32,35-36,40H,10,13-25H2,(H,41,44). The van der Waals surface area contributed by atoms with Crippen LogP contribution in [0, 0.1) is 0 Å². The van der Waals surface area contributed by atoms with Gasteiger partial charge in [0.1, 0.15) is 6.04 Å². The molecule has 2 N–H and O–H groups in total. The number of carbonyl (C=O) groups is 2. The van der Waals surface area contributed by atoms with Gasteiger partial charge in [-0.2, -0.15) is 0 Å². The Morgan fingerprint density at radius 1 is 0.870 bits per heavy atom. The van der Waals surface area contributed by atoms with Gasteiger partial charge in [-0.05, 0) is 90.0 Å². The van der Waals surface area contributed by atoms with E-state index in [2.05, 4.69) is 45.9 Å². The molecule has 7 nitrogen and oxygen atoms in total. The summed E-state index contributed by atoms with van der Waals surface area (Å²) < 4.78 is 5.62. The van der Waals surface area contributed by atoms with Crippen LogP contribution in [0.1, 0.15) is 58.6 Å². The molecular weight excluding hydrogens is 596 g/mol. The molecule has 1 aliphatic carbocycles. The summed E-state index contributed by atoms with van der Waals surface area (Å²) in [6.07, 6.45) is 6.38. The van der Waals surface area contributed by atoms with Gasteiger partial charge >= 0.3 is 0 Å². The number of hydrogen-bond donors (Lipinski definition) is 2. The van der Waals surface area contributed by atoms with Crippen molar-refractivity contribution in [3.05, 3.63) is 105 Å². The van der Waals surface area contributed by atoms with Crippen LogP contribution < -0.4 is 10.6 Å². The maximum atomic E-state index is 14.1. The molecule has 2 saturated heterocycles. The summed E-state index contributed by atoms with van der Waals surface area (Å²) in [5.41, 5.74) is 7.92. The first-order valence-electron chi connectivity index (χ1n) is 17.1. The zero-order valence-electron chi connectivity index (χ0n) is 26.6. The summed E-state index contributed by atoms with van der Waals surface area (Å²) in [7, 11) is 0. The molecule has 7 rings (SSSR count). The molecule has 2 fully saturated rings. The number of morpholine rings is 1. The van der Waals surface area contributed by atoms with Crippen LogP contribution in [-0.2, 0) is 46.6 Å². The highest BCUT2D eigenvalue weighted by Crippen LogP contribution is 2.36. The van der Waals surface area contributed by atoms with Crippen molar-refractivity contribution in [3.63, 3.8) is 0 Å². The highest BCUT2D eigenvalue weighted by atomic mass is 35.5. The molecule has 0 aromatic heterocycles. The molecule has 2 amide bonds. The fraction of sp³-hybridized carbons (Fsp3) is 0.474. The van der Waals surface area contributed by atoms with Crippen LogP contribution in [0.3, 0.4) is 0 Å². The van der Waals surface area contributed by atoms with E-state index < -0.39 is 6.04 Å². The third-order valence-electron chi connectivity index (χ3n) is 10.7. The number of nitrogens with one attached hydrogen (secondary N) is 2. The number of ether oxygens (including phenoxy) is 1. The lowest BCUT2D eigenvalue weighted by Crippen LogP contribution is -2.56. The summed E-state index contributed by atoms with van der Waals surface area (Å²) in [6, 6.07) is 22.3. The second-order valence-electron chi connectivity index (χ2n) is 13.4. The molecule has 3 atom stereocenters. The van der Waals surface area contributed by atoms with E-state index in [0.717, 1.165) is 57.6 Å². The number of likely N-dealkylation sites (tertiary alicyclic amines) is 1. The molecule has 0 bridgehead atoms. The fourth-order valence-electron chi connectivity index (χ4n) is 8.03. The minimum absolute atomic E-state index is 0.000400. The molecule has 3 unspecified atom stereocenters. The van der Waals surface area contributed by atoms with Crippen molar-refractivity contribution in [1.29, 1.82) is 0 Å². The monoisotopic (exact) mass is 640 g/mol. The molecule has 242 valence electrons. The molecule has 4 aliphatic rings. The topological polar surface area (TPSA) is 73.9 Å². The smallest absolute Gasteiger partial charge is 0.245 e. The third kappa shape index (κ3) is 7.03. The minimum Gasteiger partial charge on any atom is -0.379 e. The number of amides is 2. The molecule has 0 saturated carbocycles. The van der Waals surface area contributed by atoms with E-state index in [9.17, 15) is 9.59 Å². The first-order valence-corrected chi connectivity index (χ1v) is 17.5. The number of halogens is 1. The predicted molar refractivity (Wildman–Crippen MR) is 181 cm³/mol. The summed E-state index contributed by atoms with van der Waals surface area (Å²) in [5, 5.41) is 7.19. The Kier molecular flexibility index (Phi) is 9.73. The molecule has 46 heavy (non-hydrogen) atoms. The maximum Gasteiger partial charge on any atom is 0.245 e. The van der Waals surface area contributed by atoms with Gasteiger partial charge in [0, 0.05) is 50.2 Å². The van der Waals surface area contributed by atoms with Gasteiger partial charge in [-0.15, -0.1) is 0 Å². The van der Waals surface area contributed by atoms with Gasteiger partial charge in [-0.25, -0.2) is 0 Å². The largest absolute Gasteiger partial charge is 0.379 e. The summed E-state index contributed by atoms with van der Waals surface area (Å²) >= 11 is 6.15. The Balaban J connectivity index is 1.03. The van der Waals surface area contributed by atoms with Gasteiger partial charge in [0.25, 0.3) is 0 Å². The SMILES string of the molecule is O=C(NC(Cc1ccc(Cl)cc1)C(=O)N1CCC(c2cccc3c2CC(N2CCOCC2)CC3)CC1)C1Cc2ccccc2CN1. The van der Waals surface area contributed by atoms with E-state index in [4.69, 9.17) is 16.3 Å². The lowest BCUT2D eigenvalue weighted by molar-refractivity contribution is -0.137. The number of hydrogen-bond acceptors (Lipinski definition) is 5. The molecule has 3 aromatic carbocycles. The van der Waals surface area contributed by atoms with Crippen molar-refractivity contribution in [2.75, 3.05) is 39.4 Å². The number of nitrogens with zero attached hydrogens (tertiary/aromatic N) is 2. The lowest BCUT2D eigenvalue weighted by atomic mass is 9.78. The zero-order valence-corrected chi connectivity index (χ0v) is 27.3. The van der Waals surface area contributed by atoms with Gasteiger partial charge in [0.15, 0.2) is 0 Å². The van der Waals surface area contributed by atoms with E-state index in [1.54, 1.807) is 5.56 Å². The van der Waals surface area contributed by atoms with E-state index in [1.165, 1.54) is 28.7 Å². The van der Waals surface area contributed by atoms with Gasteiger partial charge in [-0.1, -0.05) is 66.2 Å². The molecular formula is C38H45ClN4O3. The quantitative estimate of drug-likeness (QED) is 0.393. The molecule has 3 aliphatic heterocycles. The van der Waals surface area contributed by atoms with Crippen LogP contribution in [0.25, 0.3) is 0 Å². The van der Waals surface area contributed by atoms with Crippen LogP contribution in [0.4, 0.5) is 0 Å². The summed E-state index contributed by atoms with van der Waals surface area (Å²) in [4.78, 5) is 32.3. The second kappa shape index (κ2) is 14.3. The van der Waals surface area contributed by atoms with E-state index in [1.807, 2.05) is 41.3 Å². The highest BCUT2D eigenvalue weighted by molar-refractivity contribution is 6.30. The number of aryl methyl sites for hydroxylation is 1. The Labute approximate surface area is 277 Å². The maximum absolute atomic E-state index is 14.1. The summed E-state index contributed by atoms with van der Waals surface area (Å²) in [6.45, 7) is 5.77.